The van der Waals surface area contributed by atoms with Crippen molar-refractivity contribution < 1.29 is 54.0 Å². The number of aliphatic hydroxyl groups is 4. The lowest BCUT2D eigenvalue weighted by molar-refractivity contribution is -0.277. The van der Waals surface area contributed by atoms with Gasteiger partial charge in [-0.05, 0) is 18.2 Å². The zero-order valence-corrected chi connectivity index (χ0v) is 18.6. The van der Waals surface area contributed by atoms with Crippen LogP contribution in [0.15, 0.2) is 39.5 Å². The molecule has 1 fully saturated rings. The molecule has 1 aliphatic heterocycles. The molecule has 3 unspecified atom stereocenters. The molecule has 2 heterocycles. The van der Waals surface area contributed by atoms with E-state index in [1.54, 1.807) is 0 Å². The van der Waals surface area contributed by atoms with Crippen LogP contribution in [0.4, 0.5) is 0 Å². The first kappa shape index (κ1) is 24.6. The summed E-state index contributed by atoms with van der Waals surface area (Å²) in [5.41, 5.74) is -0.438. The van der Waals surface area contributed by atoms with Crippen molar-refractivity contribution in [2.45, 2.75) is 30.7 Å². The number of aliphatic hydroxyl groups excluding tert-OH is 4. The Labute approximate surface area is 197 Å². The van der Waals surface area contributed by atoms with Gasteiger partial charge < -0.3 is 54.0 Å². The normalized spacial score (nSPS) is 24.3. The van der Waals surface area contributed by atoms with E-state index in [1.807, 2.05) is 0 Å². The van der Waals surface area contributed by atoms with Crippen LogP contribution >= 0.6 is 0 Å². The van der Waals surface area contributed by atoms with Crippen molar-refractivity contribution in [1.29, 1.82) is 0 Å². The first-order chi connectivity index (χ1) is 16.7. The monoisotopic (exact) mass is 492 g/mol. The highest BCUT2D eigenvalue weighted by Gasteiger charge is 2.45. The Morgan fingerprint density at radius 3 is 2.34 bits per heavy atom. The highest BCUT2D eigenvalue weighted by molar-refractivity contribution is 5.88. The van der Waals surface area contributed by atoms with Crippen LogP contribution < -0.4 is 19.6 Å². The molecule has 35 heavy (non-hydrogen) atoms. The standard InChI is InChI=1S/C23H24O12/c1-31-13-5-9(3-4-12(13)34-23-20(30)19(29)17(27)15(8-24)35-23)21-22(32-2)18(28)16-11(26)6-10(25)7-14(16)33-21/h3-7,15,17,19-20,23-27,29-30H,8H2,1-2H3/t15?,17-,19?,20?,23-/m1/s1. The molecule has 188 valence electrons. The predicted octanol–water partition coefficient (Wildman–Crippen LogP) is 0.0671. The maximum Gasteiger partial charge on any atom is 0.239 e. The number of benzene rings is 2. The second kappa shape index (κ2) is 9.60. The number of hydrogen-bond acceptors (Lipinski definition) is 12. The Morgan fingerprint density at radius 1 is 0.943 bits per heavy atom. The van der Waals surface area contributed by atoms with E-state index in [0.29, 0.717) is 5.56 Å². The van der Waals surface area contributed by atoms with Gasteiger partial charge >= 0.3 is 0 Å². The molecular formula is C23H24O12. The Hall–Kier alpha value is -3.55. The maximum atomic E-state index is 12.9. The fraction of sp³-hybridized carbons (Fsp3) is 0.348. The van der Waals surface area contributed by atoms with Crippen LogP contribution in [-0.4, -0.2) is 82.2 Å². The molecule has 6 N–H and O–H groups in total. The third-order valence-electron chi connectivity index (χ3n) is 5.64. The van der Waals surface area contributed by atoms with Crippen molar-refractivity contribution in [3.05, 3.63) is 40.6 Å². The van der Waals surface area contributed by atoms with Gasteiger partial charge in [-0.1, -0.05) is 0 Å². The van der Waals surface area contributed by atoms with Crippen molar-refractivity contribution in [3.63, 3.8) is 0 Å². The van der Waals surface area contributed by atoms with E-state index in [1.165, 1.54) is 38.5 Å². The van der Waals surface area contributed by atoms with Gasteiger partial charge in [-0.25, -0.2) is 0 Å². The molecule has 0 radical (unpaired) electrons. The van der Waals surface area contributed by atoms with Crippen LogP contribution in [0.25, 0.3) is 22.3 Å². The van der Waals surface area contributed by atoms with Gasteiger partial charge in [-0.3, -0.25) is 4.79 Å². The summed E-state index contributed by atoms with van der Waals surface area (Å²) in [5.74, 6) is -0.827. The van der Waals surface area contributed by atoms with E-state index < -0.39 is 48.5 Å². The second-order valence-electron chi connectivity index (χ2n) is 7.81. The summed E-state index contributed by atoms with van der Waals surface area (Å²) >= 11 is 0. The number of fused-ring (bicyclic) bond motifs is 1. The van der Waals surface area contributed by atoms with Gasteiger partial charge in [0.25, 0.3) is 0 Å². The molecule has 0 aliphatic carbocycles. The number of rotatable bonds is 6. The van der Waals surface area contributed by atoms with E-state index >= 15 is 0 Å². The van der Waals surface area contributed by atoms with E-state index in [-0.39, 0.29) is 39.7 Å². The number of phenols is 2. The Balaban J connectivity index is 1.74. The Kier molecular flexibility index (Phi) is 6.74. The maximum absolute atomic E-state index is 12.9. The van der Waals surface area contributed by atoms with Crippen LogP contribution in [0.2, 0.25) is 0 Å². The molecule has 1 aromatic heterocycles. The zero-order valence-electron chi connectivity index (χ0n) is 18.6. The highest BCUT2D eigenvalue weighted by Crippen LogP contribution is 2.39. The highest BCUT2D eigenvalue weighted by atomic mass is 16.7. The number of hydrogen-bond donors (Lipinski definition) is 6. The molecule has 0 saturated carbocycles. The third-order valence-corrected chi connectivity index (χ3v) is 5.64. The van der Waals surface area contributed by atoms with Crippen LogP contribution in [0.3, 0.4) is 0 Å². The van der Waals surface area contributed by atoms with Crippen molar-refractivity contribution in [1.82, 2.24) is 0 Å². The van der Waals surface area contributed by atoms with Crippen molar-refractivity contribution >= 4 is 11.0 Å². The molecule has 12 heteroatoms. The third kappa shape index (κ3) is 4.33. The SMILES string of the molecule is COc1cc(-c2oc3cc(O)cc(O)c3c(=O)c2OC)ccc1O[C@@H]1OC(CO)[C@@H](O)C(O)C1O. The quantitative estimate of drug-likeness (QED) is 0.272. The first-order valence-electron chi connectivity index (χ1n) is 10.4. The van der Waals surface area contributed by atoms with Gasteiger partial charge in [0.05, 0.1) is 20.8 Å². The van der Waals surface area contributed by atoms with Crippen LogP contribution in [0.5, 0.6) is 28.7 Å². The van der Waals surface area contributed by atoms with Gasteiger partial charge in [0.2, 0.25) is 17.5 Å². The average molecular weight is 492 g/mol. The minimum absolute atomic E-state index is 0.0207. The molecule has 1 saturated heterocycles. The van der Waals surface area contributed by atoms with E-state index in [2.05, 4.69) is 0 Å². The van der Waals surface area contributed by atoms with Crippen molar-refractivity contribution in [2.75, 3.05) is 20.8 Å². The second-order valence-corrected chi connectivity index (χ2v) is 7.81. The number of aromatic hydroxyl groups is 2. The van der Waals surface area contributed by atoms with E-state index in [0.717, 1.165) is 6.07 Å². The summed E-state index contributed by atoms with van der Waals surface area (Å²) in [6, 6.07) is 6.52. The molecule has 1 aliphatic rings. The smallest absolute Gasteiger partial charge is 0.239 e. The van der Waals surface area contributed by atoms with Crippen LogP contribution in [-0.2, 0) is 4.74 Å². The molecular weight excluding hydrogens is 468 g/mol. The summed E-state index contributed by atoms with van der Waals surface area (Å²) in [5, 5.41) is 59.2. The summed E-state index contributed by atoms with van der Waals surface area (Å²) in [6.07, 6.45) is -7.39. The molecule has 4 rings (SSSR count). The van der Waals surface area contributed by atoms with Gasteiger partial charge in [0, 0.05) is 17.7 Å². The lowest BCUT2D eigenvalue weighted by Gasteiger charge is -2.39. The van der Waals surface area contributed by atoms with Gasteiger partial charge in [-0.15, -0.1) is 0 Å². The van der Waals surface area contributed by atoms with Crippen molar-refractivity contribution in [2.24, 2.45) is 0 Å². The molecule has 5 atom stereocenters. The summed E-state index contributed by atoms with van der Waals surface area (Å²) in [4.78, 5) is 12.9. The van der Waals surface area contributed by atoms with Gasteiger partial charge in [0.15, 0.2) is 17.3 Å². The van der Waals surface area contributed by atoms with E-state index in [4.69, 9.17) is 23.4 Å². The number of ether oxygens (including phenoxy) is 4. The zero-order chi connectivity index (χ0) is 25.4. The molecule has 0 bridgehead atoms. The van der Waals surface area contributed by atoms with Crippen LogP contribution in [0, 0.1) is 0 Å². The minimum atomic E-state index is -1.63. The summed E-state index contributed by atoms with van der Waals surface area (Å²) < 4.78 is 27.4. The van der Waals surface area contributed by atoms with Crippen LogP contribution in [0.1, 0.15) is 0 Å². The first-order valence-corrected chi connectivity index (χ1v) is 10.4. The molecule has 3 aromatic rings. The largest absolute Gasteiger partial charge is 0.508 e. The molecule has 0 spiro atoms. The topological polar surface area (TPSA) is 189 Å². The number of methoxy groups -OCH3 is 2. The summed E-state index contributed by atoms with van der Waals surface area (Å²) in [6.45, 7) is -0.618. The molecule has 12 nitrogen and oxygen atoms in total. The lowest BCUT2D eigenvalue weighted by Crippen LogP contribution is -2.60. The lowest BCUT2D eigenvalue weighted by atomic mass is 9.99. The fourth-order valence-corrected chi connectivity index (χ4v) is 3.84. The Bertz CT molecular complexity index is 1280. The van der Waals surface area contributed by atoms with Gasteiger partial charge in [-0.2, -0.15) is 0 Å². The molecule has 0 amide bonds. The average Bonchev–Trinajstić information content (AvgIpc) is 2.83. The number of phenolic OH excluding ortho intramolecular Hbond substituents is 2. The van der Waals surface area contributed by atoms with Gasteiger partial charge in [0.1, 0.15) is 46.9 Å². The fourth-order valence-electron chi connectivity index (χ4n) is 3.84. The molecule has 2 aromatic carbocycles. The van der Waals surface area contributed by atoms with E-state index in [9.17, 15) is 35.4 Å². The van der Waals surface area contributed by atoms with Crippen molar-refractivity contribution in [3.8, 4) is 40.1 Å². The summed E-state index contributed by atoms with van der Waals surface area (Å²) in [7, 11) is 2.59. The minimum Gasteiger partial charge on any atom is -0.508 e. The Morgan fingerprint density at radius 2 is 1.69 bits per heavy atom. The predicted molar refractivity (Wildman–Crippen MR) is 119 cm³/mol.